The lowest BCUT2D eigenvalue weighted by Gasteiger charge is -2.11. The fourth-order valence-electron chi connectivity index (χ4n) is 1.42. The number of thiazole rings is 1. The molecule has 2 rings (SSSR count). The van der Waals surface area contributed by atoms with Gasteiger partial charge in [-0.05, 0) is 30.2 Å². The summed E-state index contributed by atoms with van der Waals surface area (Å²) in [6, 6.07) is 4.38. The first-order valence-corrected chi connectivity index (χ1v) is 5.45. The van der Waals surface area contributed by atoms with E-state index in [1.165, 1.54) is 23.5 Å². The van der Waals surface area contributed by atoms with E-state index in [0.29, 0.717) is 11.3 Å². The summed E-state index contributed by atoms with van der Waals surface area (Å²) in [7, 11) is 0. The molecular formula is C11H10FNOS. The number of hydrogen-bond acceptors (Lipinski definition) is 3. The Bertz CT molecular complexity index is 456. The van der Waals surface area contributed by atoms with Gasteiger partial charge in [-0.25, -0.2) is 9.37 Å². The molecule has 1 N–H and O–H groups in total. The van der Waals surface area contributed by atoms with E-state index < -0.39 is 6.10 Å². The fourth-order valence-corrected chi connectivity index (χ4v) is 1.99. The smallest absolute Gasteiger partial charge is 0.123 e. The third-order valence-corrected chi connectivity index (χ3v) is 2.87. The van der Waals surface area contributed by atoms with Gasteiger partial charge in [-0.3, -0.25) is 0 Å². The van der Waals surface area contributed by atoms with Crippen molar-refractivity contribution < 1.29 is 9.50 Å². The molecule has 2 nitrogen and oxygen atoms in total. The second kappa shape index (κ2) is 4.08. The van der Waals surface area contributed by atoms with Crippen LogP contribution in [0.1, 0.15) is 22.9 Å². The zero-order valence-electron chi connectivity index (χ0n) is 8.14. The van der Waals surface area contributed by atoms with Gasteiger partial charge in [0, 0.05) is 5.38 Å². The predicted octanol–water partition coefficient (Wildman–Crippen LogP) is 2.67. The highest BCUT2D eigenvalue weighted by Crippen LogP contribution is 2.25. The maximum Gasteiger partial charge on any atom is 0.123 e. The minimum atomic E-state index is -0.841. The van der Waals surface area contributed by atoms with Crippen LogP contribution in [0.5, 0.6) is 0 Å². The summed E-state index contributed by atoms with van der Waals surface area (Å²) in [5.74, 6) is -0.343. The fraction of sp³-hybridized carbons (Fsp3) is 0.182. The Kier molecular flexibility index (Phi) is 2.79. The molecule has 1 heterocycles. The van der Waals surface area contributed by atoms with Gasteiger partial charge < -0.3 is 5.11 Å². The van der Waals surface area contributed by atoms with Crippen molar-refractivity contribution in [3.63, 3.8) is 0 Å². The van der Waals surface area contributed by atoms with Crippen LogP contribution in [0.25, 0.3) is 0 Å². The molecule has 0 aliphatic rings. The molecule has 0 amide bonds. The molecule has 1 unspecified atom stereocenters. The zero-order chi connectivity index (χ0) is 10.8. The van der Waals surface area contributed by atoms with Crippen molar-refractivity contribution in [1.29, 1.82) is 0 Å². The lowest BCUT2D eigenvalue weighted by molar-refractivity contribution is 0.215. The zero-order valence-corrected chi connectivity index (χ0v) is 8.96. The van der Waals surface area contributed by atoms with Gasteiger partial charge in [-0.1, -0.05) is 6.07 Å². The van der Waals surface area contributed by atoms with E-state index in [1.807, 2.05) is 6.92 Å². The molecule has 1 aromatic carbocycles. The molecule has 15 heavy (non-hydrogen) atoms. The Labute approximate surface area is 91.0 Å². The van der Waals surface area contributed by atoms with Crippen LogP contribution in [0.3, 0.4) is 0 Å². The Morgan fingerprint density at radius 3 is 2.93 bits per heavy atom. The number of aliphatic hydroxyl groups excluding tert-OH is 1. The minimum Gasteiger partial charge on any atom is -0.382 e. The van der Waals surface area contributed by atoms with E-state index in [4.69, 9.17) is 0 Å². The van der Waals surface area contributed by atoms with Crippen molar-refractivity contribution in [1.82, 2.24) is 4.98 Å². The van der Waals surface area contributed by atoms with Crippen LogP contribution in [0.15, 0.2) is 29.1 Å². The molecule has 1 atom stereocenters. The van der Waals surface area contributed by atoms with Gasteiger partial charge >= 0.3 is 0 Å². The number of benzene rings is 1. The highest BCUT2D eigenvalue weighted by atomic mass is 32.1. The summed E-state index contributed by atoms with van der Waals surface area (Å²) in [4.78, 5) is 4.01. The van der Waals surface area contributed by atoms with E-state index in [1.54, 1.807) is 17.0 Å². The van der Waals surface area contributed by atoms with Crippen molar-refractivity contribution in [2.45, 2.75) is 13.0 Å². The summed E-state index contributed by atoms with van der Waals surface area (Å²) in [5.41, 5.74) is 3.64. The Morgan fingerprint density at radius 2 is 2.27 bits per heavy atom. The topological polar surface area (TPSA) is 33.1 Å². The normalized spacial score (nSPS) is 12.7. The molecule has 78 valence electrons. The number of nitrogens with zero attached hydrogens (tertiary/aromatic N) is 1. The molecule has 2 aromatic rings. The number of hydrogen-bond donors (Lipinski definition) is 1. The second-order valence-corrected chi connectivity index (χ2v) is 4.04. The Balaban J connectivity index is 2.41. The van der Waals surface area contributed by atoms with Gasteiger partial charge in [0.1, 0.15) is 11.9 Å². The van der Waals surface area contributed by atoms with Crippen LogP contribution in [0.4, 0.5) is 4.39 Å². The third kappa shape index (κ3) is 2.06. The molecule has 0 radical (unpaired) electrons. The van der Waals surface area contributed by atoms with E-state index in [-0.39, 0.29) is 5.82 Å². The summed E-state index contributed by atoms with van der Waals surface area (Å²) in [5, 5.41) is 11.7. The number of aliphatic hydroxyl groups is 1. The summed E-state index contributed by atoms with van der Waals surface area (Å²) in [6.45, 7) is 1.84. The van der Waals surface area contributed by atoms with E-state index in [9.17, 15) is 9.50 Å². The molecule has 0 saturated carbocycles. The maximum absolute atomic E-state index is 13.0. The molecule has 0 spiro atoms. The molecule has 0 aliphatic heterocycles. The summed E-state index contributed by atoms with van der Waals surface area (Å²) >= 11 is 1.41. The molecule has 1 aromatic heterocycles. The Morgan fingerprint density at radius 1 is 1.47 bits per heavy atom. The van der Waals surface area contributed by atoms with E-state index in [0.717, 1.165) is 5.56 Å². The highest BCUT2D eigenvalue weighted by molar-refractivity contribution is 7.07. The average molecular weight is 223 g/mol. The number of aryl methyl sites for hydroxylation is 1. The largest absolute Gasteiger partial charge is 0.382 e. The summed E-state index contributed by atoms with van der Waals surface area (Å²) < 4.78 is 13.0. The quantitative estimate of drug-likeness (QED) is 0.849. The number of halogens is 1. The Hall–Kier alpha value is -1.26. The molecule has 0 saturated heterocycles. The molecule has 0 fully saturated rings. The van der Waals surface area contributed by atoms with Crippen molar-refractivity contribution in [2.24, 2.45) is 0 Å². The van der Waals surface area contributed by atoms with Crippen LogP contribution in [-0.2, 0) is 0 Å². The predicted molar refractivity (Wildman–Crippen MR) is 57.3 cm³/mol. The SMILES string of the molecule is Cc1ccc(F)cc1C(O)c1cscn1. The molecule has 4 heteroatoms. The van der Waals surface area contributed by atoms with Gasteiger partial charge in [-0.2, -0.15) is 0 Å². The highest BCUT2D eigenvalue weighted by Gasteiger charge is 2.15. The molecule has 0 aliphatic carbocycles. The number of aromatic nitrogens is 1. The van der Waals surface area contributed by atoms with Gasteiger partial charge in [-0.15, -0.1) is 11.3 Å². The standard InChI is InChI=1S/C11H10FNOS/c1-7-2-3-8(12)4-9(7)11(14)10-5-15-6-13-10/h2-6,11,14H,1H3. The van der Waals surface area contributed by atoms with Crippen LogP contribution < -0.4 is 0 Å². The van der Waals surface area contributed by atoms with Crippen LogP contribution in [0.2, 0.25) is 0 Å². The lowest BCUT2D eigenvalue weighted by Crippen LogP contribution is -2.02. The van der Waals surface area contributed by atoms with Crippen molar-refractivity contribution in [3.05, 3.63) is 51.7 Å². The van der Waals surface area contributed by atoms with Gasteiger partial charge in [0.15, 0.2) is 0 Å². The average Bonchev–Trinajstić information content (AvgIpc) is 2.74. The van der Waals surface area contributed by atoms with Gasteiger partial charge in [0.25, 0.3) is 0 Å². The van der Waals surface area contributed by atoms with Crippen LogP contribution in [0, 0.1) is 12.7 Å². The molecular weight excluding hydrogens is 213 g/mol. The van der Waals surface area contributed by atoms with Crippen molar-refractivity contribution in [3.8, 4) is 0 Å². The van der Waals surface area contributed by atoms with Gasteiger partial charge in [0.05, 0.1) is 11.2 Å². The summed E-state index contributed by atoms with van der Waals surface area (Å²) in [6.07, 6.45) is -0.841. The van der Waals surface area contributed by atoms with Crippen LogP contribution in [-0.4, -0.2) is 10.1 Å². The first-order valence-electron chi connectivity index (χ1n) is 4.50. The first kappa shape index (κ1) is 10.3. The van der Waals surface area contributed by atoms with Crippen molar-refractivity contribution >= 4 is 11.3 Å². The second-order valence-electron chi connectivity index (χ2n) is 3.32. The lowest BCUT2D eigenvalue weighted by atomic mass is 10.0. The minimum absolute atomic E-state index is 0.343. The van der Waals surface area contributed by atoms with E-state index in [2.05, 4.69) is 4.98 Å². The number of rotatable bonds is 2. The maximum atomic E-state index is 13.0. The first-order chi connectivity index (χ1) is 7.18. The van der Waals surface area contributed by atoms with Crippen molar-refractivity contribution in [2.75, 3.05) is 0 Å². The van der Waals surface area contributed by atoms with E-state index >= 15 is 0 Å². The molecule has 0 bridgehead atoms. The van der Waals surface area contributed by atoms with Crippen LogP contribution >= 0.6 is 11.3 Å². The monoisotopic (exact) mass is 223 g/mol. The van der Waals surface area contributed by atoms with Gasteiger partial charge in [0.2, 0.25) is 0 Å². The third-order valence-electron chi connectivity index (χ3n) is 2.27.